The van der Waals surface area contributed by atoms with Crippen LogP contribution in [0.4, 0.5) is 0 Å². The van der Waals surface area contributed by atoms with Gasteiger partial charge in [0, 0.05) is 19.7 Å². The highest BCUT2D eigenvalue weighted by Gasteiger charge is 2.26. The molecule has 1 rings (SSSR count). The molecule has 1 N–H and O–H groups in total. The second-order valence-electron chi connectivity index (χ2n) is 5.68. The van der Waals surface area contributed by atoms with Crippen molar-refractivity contribution in [3.05, 3.63) is 0 Å². The number of aliphatic hydroxyl groups excluding tert-OH is 1. The molecule has 21 heavy (non-hydrogen) atoms. The monoisotopic (exact) mass is 303 g/mol. The summed E-state index contributed by atoms with van der Waals surface area (Å²) in [7, 11) is 3.04. The molecule has 6 heteroatoms. The maximum absolute atomic E-state index is 11.4. The molecule has 3 atom stereocenters. The number of piperidine rings is 1. The zero-order valence-electron chi connectivity index (χ0n) is 13.4. The van der Waals surface area contributed by atoms with E-state index in [-0.39, 0.29) is 24.7 Å². The predicted octanol–water partition coefficient (Wildman–Crippen LogP) is 0.816. The summed E-state index contributed by atoms with van der Waals surface area (Å²) in [5.74, 6) is -0.189. The van der Waals surface area contributed by atoms with E-state index in [0.29, 0.717) is 19.6 Å². The highest BCUT2D eigenvalue weighted by Crippen LogP contribution is 2.20. The van der Waals surface area contributed by atoms with E-state index in [2.05, 4.69) is 4.90 Å². The molecule has 1 fully saturated rings. The smallest absolute Gasteiger partial charge is 0.307 e. The predicted molar refractivity (Wildman–Crippen MR) is 79.1 cm³/mol. The molecule has 0 spiro atoms. The van der Waals surface area contributed by atoms with Crippen LogP contribution in [0.5, 0.6) is 0 Å². The Bertz CT molecular complexity index is 300. The molecular formula is C15H29NO5. The highest BCUT2D eigenvalue weighted by molar-refractivity contribution is 5.69. The molecule has 124 valence electrons. The summed E-state index contributed by atoms with van der Waals surface area (Å²) in [5, 5.41) is 10.1. The summed E-state index contributed by atoms with van der Waals surface area (Å²) in [5.41, 5.74) is 0. The average Bonchev–Trinajstić information content (AvgIpc) is 2.47. The van der Waals surface area contributed by atoms with Crippen molar-refractivity contribution in [2.45, 2.75) is 50.9 Å². The van der Waals surface area contributed by atoms with E-state index in [1.807, 2.05) is 6.92 Å². The van der Waals surface area contributed by atoms with Gasteiger partial charge in [-0.05, 0) is 26.3 Å². The van der Waals surface area contributed by atoms with E-state index >= 15 is 0 Å². The minimum atomic E-state index is -0.553. The van der Waals surface area contributed by atoms with Gasteiger partial charge in [0.2, 0.25) is 0 Å². The molecule has 1 saturated heterocycles. The molecule has 0 radical (unpaired) electrons. The second-order valence-corrected chi connectivity index (χ2v) is 5.68. The number of nitrogens with zero attached hydrogens (tertiary/aromatic N) is 1. The molecule has 1 heterocycles. The van der Waals surface area contributed by atoms with Crippen molar-refractivity contribution in [3.63, 3.8) is 0 Å². The molecule has 0 saturated carbocycles. The van der Waals surface area contributed by atoms with Gasteiger partial charge in [0.05, 0.1) is 39.0 Å². The van der Waals surface area contributed by atoms with E-state index in [9.17, 15) is 9.90 Å². The lowest BCUT2D eigenvalue weighted by Gasteiger charge is -2.36. The number of carbonyl (C=O) groups excluding carboxylic acids is 1. The Morgan fingerprint density at radius 1 is 1.33 bits per heavy atom. The lowest BCUT2D eigenvalue weighted by molar-refractivity contribution is -0.142. The normalized spacial score (nSPS) is 22.8. The number of hydrogen-bond acceptors (Lipinski definition) is 6. The number of hydrogen-bond donors (Lipinski definition) is 1. The number of β-amino-alcohol motifs (C(OH)–C–C–N with tert-alkyl or cyclic N) is 1. The SMILES string of the molecule is COCC(C)OCC(O)CN1CCCCC1CC(=O)OC. The number of carbonyl (C=O) groups is 1. The Hall–Kier alpha value is -0.690. The fraction of sp³-hybridized carbons (Fsp3) is 0.933. The Kier molecular flexibility index (Phi) is 8.84. The first-order valence-electron chi connectivity index (χ1n) is 7.66. The number of ether oxygens (including phenoxy) is 3. The minimum absolute atomic E-state index is 0.0307. The van der Waals surface area contributed by atoms with Crippen LogP contribution in [0.2, 0.25) is 0 Å². The van der Waals surface area contributed by atoms with Gasteiger partial charge in [0.15, 0.2) is 0 Å². The molecule has 1 aliphatic rings. The van der Waals surface area contributed by atoms with E-state index in [4.69, 9.17) is 14.2 Å². The van der Waals surface area contributed by atoms with Crippen LogP contribution in [0.1, 0.15) is 32.6 Å². The zero-order valence-corrected chi connectivity index (χ0v) is 13.4. The average molecular weight is 303 g/mol. The summed E-state index contributed by atoms with van der Waals surface area (Å²) in [6, 6.07) is 0.164. The molecule has 0 aliphatic carbocycles. The summed E-state index contributed by atoms with van der Waals surface area (Å²) in [6.45, 7) is 4.15. The van der Waals surface area contributed by atoms with Crippen molar-refractivity contribution in [2.24, 2.45) is 0 Å². The summed E-state index contributed by atoms with van der Waals surface area (Å²) < 4.78 is 15.3. The molecule has 0 amide bonds. The summed E-state index contributed by atoms with van der Waals surface area (Å²) >= 11 is 0. The first-order valence-corrected chi connectivity index (χ1v) is 7.66. The van der Waals surface area contributed by atoms with Crippen LogP contribution >= 0.6 is 0 Å². The molecule has 3 unspecified atom stereocenters. The zero-order chi connectivity index (χ0) is 15.7. The number of likely N-dealkylation sites (tertiary alicyclic amines) is 1. The van der Waals surface area contributed by atoms with Gasteiger partial charge in [-0.25, -0.2) is 0 Å². The summed E-state index contributed by atoms with van der Waals surface area (Å²) in [4.78, 5) is 13.6. The molecule has 0 aromatic heterocycles. The molecule has 0 bridgehead atoms. The molecule has 1 aliphatic heterocycles. The quantitative estimate of drug-likeness (QED) is 0.636. The number of methoxy groups -OCH3 is 2. The van der Waals surface area contributed by atoms with Gasteiger partial charge in [-0.1, -0.05) is 6.42 Å². The van der Waals surface area contributed by atoms with Crippen molar-refractivity contribution < 1.29 is 24.1 Å². The van der Waals surface area contributed by atoms with E-state index in [1.165, 1.54) is 7.11 Å². The first-order chi connectivity index (χ1) is 10.1. The third-order valence-electron chi connectivity index (χ3n) is 3.80. The van der Waals surface area contributed by atoms with Crippen molar-refractivity contribution >= 4 is 5.97 Å². The molecule has 0 aromatic carbocycles. The van der Waals surface area contributed by atoms with Gasteiger partial charge in [0.25, 0.3) is 0 Å². The van der Waals surface area contributed by atoms with Crippen LogP contribution < -0.4 is 0 Å². The van der Waals surface area contributed by atoms with E-state index in [0.717, 1.165) is 25.8 Å². The van der Waals surface area contributed by atoms with Crippen molar-refractivity contribution in [3.8, 4) is 0 Å². The Morgan fingerprint density at radius 2 is 2.10 bits per heavy atom. The fourth-order valence-corrected chi connectivity index (χ4v) is 2.69. The van der Waals surface area contributed by atoms with Crippen LogP contribution in [0.3, 0.4) is 0 Å². The molecular weight excluding hydrogens is 274 g/mol. The maximum Gasteiger partial charge on any atom is 0.307 e. The van der Waals surface area contributed by atoms with E-state index < -0.39 is 6.10 Å². The second kappa shape index (κ2) is 10.1. The van der Waals surface area contributed by atoms with Gasteiger partial charge in [-0.2, -0.15) is 0 Å². The number of aliphatic hydroxyl groups is 1. The third kappa shape index (κ3) is 7.22. The van der Waals surface area contributed by atoms with E-state index in [1.54, 1.807) is 7.11 Å². The molecule has 0 aromatic rings. The van der Waals surface area contributed by atoms with Crippen LogP contribution in [0, 0.1) is 0 Å². The topological polar surface area (TPSA) is 68.2 Å². The lowest BCUT2D eigenvalue weighted by Crippen LogP contribution is -2.46. The summed E-state index contributed by atoms with van der Waals surface area (Å²) in [6.07, 6.45) is 3.01. The maximum atomic E-state index is 11.4. The van der Waals surface area contributed by atoms with Crippen LogP contribution in [0.25, 0.3) is 0 Å². The van der Waals surface area contributed by atoms with Gasteiger partial charge < -0.3 is 19.3 Å². The Labute approximate surface area is 127 Å². The van der Waals surface area contributed by atoms with Gasteiger partial charge in [-0.3, -0.25) is 9.69 Å². The minimum Gasteiger partial charge on any atom is -0.469 e. The van der Waals surface area contributed by atoms with Crippen molar-refractivity contribution in [1.82, 2.24) is 4.90 Å². The fourth-order valence-electron chi connectivity index (χ4n) is 2.69. The van der Waals surface area contributed by atoms with Gasteiger partial charge in [-0.15, -0.1) is 0 Å². The van der Waals surface area contributed by atoms with Crippen LogP contribution in [-0.4, -0.2) is 74.7 Å². The van der Waals surface area contributed by atoms with Gasteiger partial charge >= 0.3 is 5.97 Å². The number of rotatable bonds is 9. The number of esters is 1. The highest BCUT2D eigenvalue weighted by atomic mass is 16.5. The van der Waals surface area contributed by atoms with Crippen molar-refractivity contribution in [1.29, 1.82) is 0 Å². The van der Waals surface area contributed by atoms with Gasteiger partial charge in [0.1, 0.15) is 0 Å². The van der Waals surface area contributed by atoms with Crippen molar-refractivity contribution in [2.75, 3.05) is 40.5 Å². The standard InChI is InChI=1S/C15H29NO5/c1-12(10-19-2)21-11-14(17)9-16-7-5-4-6-13(16)8-15(18)20-3/h12-14,17H,4-11H2,1-3H3. The molecule has 6 nitrogen and oxygen atoms in total. The van der Waals surface area contributed by atoms with Crippen LogP contribution in [0.15, 0.2) is 0 Å². The Balaban J connectivity index is 2.36. The third-order valence-corrected chi connectivity index (χ3v) is 3.80. The van der Waals surface area contributed by atoms with Crippen LogP contribution in [-0.2, 0) is 19.0 Å². The lowest BCUT2D eigenvalue weighted by atomic mass is 9.99. The largest absolute Gasteiger partial charge is 0.469 e. The first kappa shape index (κ1) is 18.4. The Morgan fingerprint density at radius 3 is 2.76 bits per heavy atom.